The van der Waals surface area contributed by atoms with E-state index in [1.165, 1.54) is 0 Å². The lowest BCUT2D eigenvalue weighted by Gasteiger charge is -2.11. The number of hydrogen-bond acceptors (Lipinski definition) is 3. The fraction of sp³-hybridized carbons (Fsp3) is 0.429. The van der Waals surface area contributed by atoms with E-state index in [9.17, 15) is 9.59 Å². The van der Waals surface area contributed by atoms with Crippen molar-refractivity contribution in [3.63, 3.8) is 0 Å². The number of carbonyl (C=O) groups excluding carboxylic acids is 2. The molecule has 1 aromatic carbocycles. The van der Waals surface area contributed by atoms with E-state index >= 15 is 0 Å². The molecule has 0 aromatic heterocycles. The summed E-state index contributed by atoms with van der Waals surface area (Å²) in [6.07, 6.45) is 2.29. The minimum Gasteiger partial charge on any atom is -0.330 e. The normalized spacial score (nSPS) is 10.0. The molecule has 2 amide bonds. The average Bonchev–Trinajstić information content (AvgIpc) is 2.39. The second-order valence-electron chi connectivity index (χ2n) is 4.28. The van der Waals surface area contributed by atoms with Crippen LogP contribution in [0.1, 0.15) is 32.6 Å². The molecule has 0 saturated heterocycles. The van der Waals surface area contributed by atoms with Crippen LogP contribution >= 0.6 is 0 Å². The number of anilines is 2. The Balaban J connectivity index is 2.67. The van der Waals surface area contributed by atoms with Gasteiger partial charge in [0.05, 0.1) is 11.4 Å². The van der Waals surface area contributed by atoms with Crippen molar-refractivity contribution in [2.45, 2.75) is 32.6 Å². The van der Waals surface area contributed by atoms with E-state index in [2.05, 4.69) is 10.6 Å². The highest BCUT2D eigenvalue weighted by molar-refractivity contribution is 5.99. The Labute approximate surface area is 113 Å². The maximum atomic E-state index is 11.7. The van der Waals surface area contributed by atoms with Crippen LogP contribution in [-0.2, 0) is 9.59 Å². The summed E-state index contributed by atoms with van der Waals surface area (Å²) in [5.74, 6) is -0.145. The summed E-state index contributed by atoms with van der Waals surface area (Å²) in [6.45, 7) is 2.43. The summed E-state index contributed by atoms with van der Waals surface area (Å²) >= 11 is 0. The lowest BCUT2D eigenvalue weighted by atomic mass is 10.2. The number of rotatable bonds is 7. The Morgan fingerprint density at radius 2 is 1.58 bits per heavy atom. The van der Waals surface area contributed by atoms with Gasteiger partial charge in [-0.05, 0) is 31.5 Å². The Bertz CT molecular complexity index is 432. The highest BCUT2D eigenvalue weighted by Crippen LogP contribution is 2.21. The molecule has 0 aliphatic heterocycles. The molecule has 104 valence electrons. The molecule has 5 nitrogen and oxygen atoms in total. The minimum atomic E-state index is -0.0948. The third kappa shape index (κ3) is 5.52. The van der Waals surface area contributed by atoms with Gasteiger partial charge in [0.25, 0.3) is 0 Å². The van der Waals surface area contributed by atoms with Crippen molar-refractivity contribution in [3.8, 4) is 0 Å². The predicted octanol–water partition coefficient (Wildman–Crippen LogP) is 2.10. The van der Waals surface area contributed by atoms with Gasteiger partial charge in [0, 0.05) is 12.8 Å². The molecule has 0 heterocycles. The Hall–Kier alpha value is -1.88. The van der Waals surface area contributed by atoms with E-state index in [1.54, 1.807) is 12.1 Å². The zero-order chi connectivity index (χ0) is 14.1. The van der Waals surface area contributed by atoms with E-state index in [4.69, 9.17) is 5.73 Å². The van der Waals surface area contributed by atoms with Crippen molar-refractivity contribution in [2.75, 3.05) is 17.2 Å². The van der Waals surface area contributed by atoms with Crippen molar-refractivity contribution in [2.24, 2.45) is 5.73 Å². The van der Waals surface area contributed by atoms with E-state index < -0.39 is 0 Å². The number of nitrogens with two attached hydrogens (primary N) is 1. The van der Waals surface area contributed by atoms with Crippen LogP contribution in [0, 0.1) is 0 Å². The zero-order valence-electron chi connectivity index (χ0n) is 11.2. The van der Waals surface area contributed by atoms with E-state index in [0.717, 1.165) is 6.42 Å². The third-order valence-corrected chi connectivity index (χ3v) is 2.56. The summed E-state index contributed by atoms with van der Waals surface area (Å²) in [7, 11) is 0. The highest BCUT2D eigenvalue weighted by atomic mass is 16.2. The molecule has 0 unspecified atom stereocenters. The summed E-state index contributed by atoms with van der Waals surface area (Å²) < 4.78 is 0. The molecule has 19 heavy (non-hydrogen) atoms. The van der Waals surface area contributed by atoms with Crippen LogP contribution in [0.3, 0.4) is 0 Å². The van der Waals surface area contributed by atoms with Gasteiger partial charge >= 0.3 is 0 Å². The van der Waals surface area contributed by atoms with Crippen molar-refractivity contribution < 1.29 is 9.59 Å². The van der Waals surface area contributed by atoms with Gasteiger partial charge in [-0.3, -0.25) is 9.59 Å². The minimum absolute atomic E-state index is 0.0499. The molecule has 1 aromatic rings. The maximum absolute atomic E-state index is 11.7. The fourth-order valence-corrected chi connectivity index (χ4v) is 1.62. The first kappa shape index (κ1) is 15.2. The lowest BCUT2D eigenvalue weighted by molar-refractivity contribution is -0.117. The van der Waals surface area contributed by atoms with Crippen LogP contribution in [-0.4, -0.2) is 18.4 Å². The van der Waals surface area contributed by atoms with Gasteiger partial charge in [0.1, 0.15) is 0 Å². The predicted molar refractivity (Wildman–Crippen MR) is 76.9 cm³/mol. The molecule has 0 aliphatic rings. The first-order valence-corrected chi connectivity index (χ1v) is 6.56. The second kappa shape index (κ2) is 8.26. The molecule has 0 spiro atoms. The number of carbonyl (C=O) groups is 2. The third-order valence-electron chi connectivity index (χ3n) is 2.56. The van der Waals surface area contributed by atoms with Gasteiger partial charge in [0.15, 0.2) is 0 Å². The summed E-state index contributed by atoms with van der Waals surface area (Å²) in [6, 6.07) is 7.17. The molecule has 5 heteroatoms. The standard InChI is InChI=1S/C14H21N3O2/c1-2-6-13(18)16-11-7-3-4-8-12(11)17-14(19)9-5-10-15/h3-4,7-8H,2,5-6,9-10,15H2,1H3,(H,16,18)(H,17,19). The van der Waals surface area contributed by atoms with E-state index in [1.807, 2.05) is 19.1 Å². The van der Waals surface area contributed by atoms with Gasteiger partial charge < -0.3 is 16.4 Å². The van der Waals surface area contributed by atoms with Crippen LogP contribution < -0.4 is 16.4 Å². The molecule has 0 atom stereocenters. The van der Waals surface area contributed by atoms with Crippen LogP contribution in [0.5, 0.6) is 0 Å². The molecule has 4 N–H and O–H groups in total. The fourth-order valence-electron chi connectivity index (χ4n) is 1.62. The van der Waals surface area contributed by atoms with Gasteiger partial charge in [0.2, 0.25) is 11.8 Å². The molecule has 0 bridgehead atoms. The summed E-state index contributed by atoms with van der Waals surface area (Å²) in [5, 5.41) is 5.58. The van der Waals surface area contributed by atoms with Gasteiger partial charge in [-0.2, -0.15) is 0 Å². The van der Waals surface area contributed by atoms with Crippen LogP contribution in [0.15, 0.2) is 24.3 Å². The lowest BCUT2D eigenvalue weighted by Crippen LogP contribution is -2.16. The first-order chi connectivity index (χ1) is 9.17. The van der Waals surface area contributed by atoms with E-state index in [0.29, 0.717) is 37.2 Å². The first-order valence-electron chi connectivity index (χ1n) is 6.56. The average molecular weight is 263 g/mol. The number of benzene rings is 1. The van der Waals surface area contributed by atoms with Crippen molar-refractivity contribution in [1.29, 1.82) is 0 Å². The number of nitrogens with one attached hydrogen (secondary N) is 2. The number of hydrogen-bond donors (Lipinski definition) is 3. The largest absolute Gasteiger partial charge is 0.330 e. The van der Waals surface area contributed by atoms with Crippen LogP contribution in [0.4, 0.5) is 11.4 Å². The molecule has 0 fully saturated rings. The van der Waals surface area contributed by atoms with Gasteiger partial charge in [-0.15, -0.1) is 0 Å². The van der Waals surface area contributed by atoms with E-state index in [-0.39, 0.29) is 11.8 Å². The molecule has 1 rings (SSSR count). The molecule has 0 radical (unpaired) electrons. The second-order valence-corrected chi connectivity index (χ2v) is 4.28. The quantitative estimate of drug-likeness (QED) is 0.704. The zero-order valence-corrected chi connectivity index (χ0v) is 11.2. The Morgan fingerprint density at radius 1 is 1.05 bits per heavy atom. The van der Waals surface area contributed by atoms with Gasteiger partial charge in [-0.25, -0.2) is 0 Å². The SMILES string of the molecule is CCCC(=O)Nc1ccccc1NC(=O)CCCN. The molecule has 0 saturated carbocycles. The molecular formula is C14H21N3O2. The van der Waals surface area contributed by atoms with Crippen molar-refractivity contribution in [1.82, 2.24) is 0 Å². The number of amides is 2. The smallest absolute Gasteiger partial charge is 0.224 e. The summed E-state index contributed by atoms with van der Waals surface area (Å²) in [4.78, 5) is 23.2. The molecular weight excluding hydrogens is 242 g/mol. The number of para-hydroxylation sites is 2. The van der Waals surface area contributed by atoms with Crippen LogP contribution in [0.25, 0.3) is 0 Å². The van der Waals surface area contributed by atoms with Gasteiger partial charge in [-0.1, -0.05) is 19.1 Å². The molecule has 0 aliphatic carbocycles. The Kier molecular flexibility index (Phi) is 6.60. The maximum Gasteiger partial charge on any atom is 0.224 e. The Morgan fingerprint density at radius 3 is 2.05 bits per heavy atom. The topological polar surface area (TPSA) is 84.2 Å². The monoisotopic (exact) mass is 263 g/mol. The van der Waals surface area contributed by atoms with Crippen molar-refractivity contribution in [3.05, 3.63) is 24.3 Å². The summed E-state index contributed by atoms with van der Waals surface area (Å²) in [5.41, 5.74) is 6.61. The van der Waals surface area contributed by atoms with Crippen molar-refractivity contribution >= 4 is 23.2 Å². The highest BCUT2D eigenvalue weighted by Gasteiger charge is 2.08. The van der Waals surface area contributed by atoms with Crippen LogP contribution in [0.2, 0.25) is 0 Å².